The predicted octanol–water partition coefficient (Wildman–Crippen LogP) is 1.76. The van der Waals surface area contributed by atoms with Crippen LogP contribution in [0.2, 0.25) is 0 Å². The molecule has 0 spiro atoms. The molecule has 1 aliphatic carbocycles. The summed E-state index contributed by atoms with van der Waals surface area (Å²) in [6, 6.07) is 5.72. The van der Waals surface area contributed by atoms with Gasteiger partial charge in [0.1, 0.15) is 12.1 Å². The quantitative estimate of drug-likeness (QED) is 0.735. The molecule has 0 saturated heterocycles. The van der Waals surface area contributed by atoms with Crippen LogP contribution in [-0.2, 0) is 6.54 Å². The lowest BCUT2D eigenvalue weighted by atomic mass is 10.3. The molecule has 6 heteroatoms. The van der Waals surface area contributed by atoms with Crippen LogP contribution in [0.3, 0.4) is 0 Å². The second-order valence-corrected chi connectivity index (χ2v) is 5.18. The maximum Gasteiger partial charge on any atom is 0.328 e. The molecule has 1 fully saturated rings. The van der Waals surface area contributed by atoms with Crippen molar-refractivity contribution in [2.75, 3.05) is 5.73 Å². The van der Waals surface area contributed by atoms with Gasteiger partial charge in [0.05, 0.1) is 0 Å². The molecule has 4 rings (SSSR count). The molecule has 0 unspecified atom stereocenters. The SMILES string of the molecule is Nc1ccc2nc(Cn3ccn(C4CC4)c3=O)oc2c1. The van der Waals surface area contributed by atoms with Crippen molar-refractivity contribution in [3.63, 3.8) is 0 Å². The molecule has 20 heavy (non-hydrogen) atoms. The summed E-state index contributed by atoms with van der Waals surface area (Å²) < 4.78 is 9.03. The minimum absolute atomic E-state index is 0.00531. The monoisotopic (exact) mass is 270 g/mol. The van der Waals surface area contributed by atoms with Gasteiger partial charge in [-0.25, -0.2) is 9.78 Å². The van der Waals surface area contributed by atoms with Crippen LogP contribution >= 0.6 is 0 Å². The van der Waals surface area contributed by atoms with Crippen LogP contribution in [0.5, 0.6) is 0 Å². The fourth-order valence-electron chi connectivity index (χ4n) is 2.38. The maximum absolute atomic E-state index is 12.2. The van der Waals surface area contributed by atoms with Gasteiger partial charge in [0, 0.05) is 30.2 Å². The summed E-state index contributed by atoms with van der Waals surface area (Å²) in [6.45, 7) is 0.340. The van der Waals surface area contributed by atoms with E-state index in [1.54, 1.807) is 27.5 Å². The molecular weight excluding hydrogens is 256 g/mol. The van der Waals surface area contributed by atoms with Gasteiger partial charge in [0.25, 0.3) is 0 Å². The molecule has 1 aliphatic rings. The van der Waals surface area contributed by atoms with Crippen LogP contribution in [0.25, 0.3) is 11.1 Å². The molecule has 1 saturated carbocycles. The van der Waals surface area contributed by atoms with Crippen molar-refractivity contribution in [3.8, 4) is 0 Å². The first kappa shape index (κ1) is 11.3. The van der Waals surface area contributed by atoms with E-state index in [0.29, 0.717) is 29.7 Å². The van der Waals surface area contributed by atoms with E-state index >= 15 is 0 Å². The third-order valence-corrected chi connectivity index (χ3v) is 3.58. The Balaban J connectivity index is 1.68. The molecule has 6 nitrogen and oxygen atoms in total. The molecule has 0 aliphatic heterocycles. The highest BCUT2D eigenvalue weighted by molar-refractivity contribution is 5.76. The summed E-state index contributed by atoms with van der Waals surface area (Å²) in [5.41, 5.74) is 7.74. The number of hydrogen-bond acceptors (Lipinski definition) is 4. The number of aromatic nitrogens is 3. The Morgan fingerprint density at radius 3 is 3.00 bits per heavy atom. The molecule has 2 aromatic heterocycles. The van der Waals surface area contributed by atoms with Crippen LogP contribution in [0.15, 0.2) is 39.8 Å². The molecule has 0 amide bonds. The Labute approximate surface area is 114 Å². The lowest BCUT2D eigenvalue weighted by Crippen LogP contribution is -2.23. The first-order valence-electron chi connectivity index (χ1n) is 6.63. The van der Waals surface area contributed by atoms with Crippen LogP contribution < -0.4 is 11.4 Å². The normalized spacial score (nSPS) is 15.0. The summed E-state index contributed by atoms with van der Waals surface area (Å²) in [6.07, 6.45) is 5.79. The van der Waals surface area contributed by atoms with E-state index in [1.807, 2.05) is 12.3 Å². The highest BCUT2D eigenvalue weighted by Gasteiger charge is 2.25. The molecule has 2 heterocycles. The van der Waals surface area contributed by atoms with E-state index in [2.05, 4.69) is 4.98 Å². The van der Waals surface area contributed by atoms with Crippen molar-refractivity contribution in [2.24, 2.45) is 0 Å². The van der Waals surface area contributed by atoms with Crippen molar-refractivity contribution in [2.45, 2.75) is 25.4 Å². The number of fused-ring (bicyclic) bond motifs is 1. The topological polar surface area (TPSA) is 79.0 Å². The number of hydrogen-bond donors (Lipinski definition) is 1. The summed E-state index contributed by atoms with van der Waals surface area (Å²) in [4.78, 5) is 16.5. The number of benzene rings is 1. The van der Waals surface area contributed by atoms with Gasteiger partial charge >= 0.3 is 5.69 Å². The first-order valence-corrected chi connectivity index (χ1v) is 6.63. The largest absolute Gasteiger partial charge is 0.439 e. The highest BCUT2D eigenvalue weighted by atomic mass is 16.3. The van der Waals surface area contributed by atoms with Gasteiger partial charge in [-0.2, -0.15) is 0 Å². The van der Waals surface area contributed by atoms with Crippen molar-refractivity contribution in [1.29, 1.82) is 0 Å². The number of oxazole rings is 1. The van der Waals surface area contributed by atoms with Crippen molar-refractivity contribution in [3.05, 3.63) is 47.0 Å². The summed E-state index contributed by atoms with van der Waals surface area (Å²) in [5.74, 6) is 0.515. The van der Waals surface area contributed by atoms with Gasteiger partial charge in [-0.05, 0) is 25.0 Å². The Hall–Kier alpha value is -2.50. The van der Waals surface area contributed by atoms with Crippen LogP contribution in [0.4, 0.5) is 5.69 Å². The average Bonchev–Trinajstić information content (AvgIpc) is 3.09. The lowest BCUT2D eigenvalue weighted by Gasteiger charge is -1.97. The Morgan fingerprint density at radius 2 is 2.20 bits per heavy atom. The van der Waals surface area contributed by atoms with Crippen LogP contribution in [0, 0.1) is 0 Å². The van der Waals surface area contributed by atoms with E-state index < -0.39 is 0 Å². The molecule has 0 atom stereocenters. The molecule has 3 aromatic rings. The third kappa shape index (κ3) is 1.80. The van der Waals surface area contributed by atoms with Crippen LogP contribution in [-0.4, -0.2) is 14.1 Å². The molecular formula is C14H14N4O2. The fraction of sp³-hybridized carbons (Fsp3) is 0.286. The standard InChI is InChI=1S/C14H14N4O2/c15-9-1-4-11-12(7-9)20-13(16-11)8-17-5-6-18(14(17)19)10-2-3-10/h1,4-7,10H,2-3,8,15H2. The minimum atomic E-state index is -0.00531. The predicted molar refractivity (Wildman–Crippen MR) is 74.5 cm³/mol. The maximum atomic E-state index is 12.2. The number of anilines is 1. The van der Waals surface area contributed by atoms with Gasteiger partial charge in [-0.3, -0.25) is 9.13 Å². The van der Waals surface area contributed by atoms with E-state index in [9.17, 15) is 4.79 Å². The highest BCUT2D eigenvalue weighted by Crippen LogP contribution is 2.33. The smallest absolute Gasteiger partial charge is 0.328 e. The van der Waals surface area contributed by atoms with Gasteiger partial charge < -0.3 is 10.2 Å². The summed E-state index contributed by atoms with van der Waals surface area (Å²) in [7, 11) is 0. The second-order valence-electron chi connectivity index (χ2n) is 5.18. The van der Waals surface area contributed by atoms with Gasteiger partial charge in [-0.15, -0.1) is 0 Å². The van der Waals surface area contributed by atoms with Crippen molar-refractivity contribution < 1.29 is 4.42 Å². The van der Waals surface area contributed by atoms with E-state index in [1.165, 1.54) is 0 Å². The van der Waals surface area contributed by atoms with E-state index in [0.717, 1.165) is 18.4 Å². The number of rotatable bonds is 3. The van der Waals surface area contributed by atoms with Crippen molar-refractivity contribution in [1.82, 2.24) is 14.1 Å². The minimum Gasteiger partial charge on any atom is -0.439 e. The zero-order valence-electron chi connectivity index (χ0n) is 10.8. The second kappa shape index (κ2) is 4.00. The molecule has 2 N–H and O–H groups in total. The summed E-state index contributed by atoms with van der Waals surface area (Å²) in [5, 5.41) is 0. The zero-order valence-corrected chi connectivity index (χ0v) is 10.8. The number of nitrogens with zero attached hydrogens (tertiary/aromatic N) is 3. The third-order valence-electron chi connectivity index (χ3n) is 3.58. The fourth-order valence-corrected chi connectivity index (χ4v) is 2.38. The number of nitrogen functional groups attached to an aromatic ring is 1. The van der Waals surface area contributed by atoms with Gasteiger partial charge in [-0.1, -0.05) is 0 Å². The molecule has 102 valence electrons. The Morgan fingerprint density at radius 1 is 1.35 bits per heavy atom. The van der Waals surface area contributed by atoms with Crippen LogP contribution in [0.1, 0.15) is 24.8 Å². The Bertz CT molecular complexity index is 838. The number of imidazole rings is 1. The average molecular weight is 270 g/mol. The zero-order chi connectivity index (χ0) is 13.7. The Kier molecular flexibility index (Phi) is 2.26. The van der Waals surface area contributed by atoms with Gasteiger partial charge in [0.2, 0.25) is 5.89 Å². The van der Waals surface area contributed by atoms with Crippen molar-refractivity contribution >= 4 is 16.8 Å². The molecule has 1 aromatic carbocycles. The van der Waals surface area contributed by atoms with E-state index in [-0.39, 0.29) is 5.69 Å². The van der Waals surface area contributed by atoms with Gasteiger partial charge in [0.15, 0.2) is 5.58 Å². The van der Waals surface area contributed by atoms with E-state index in [4.69, 9.17) is 10.2 Å². The molecule has 0 bridgehead atoms. The lowest BCUT2D eigenvalue weighted by molar-refractivity contribution is 0.500. The molecule has 0 radical (unpaired) electrons. The first-order chi connectivity index (χ1) is 9.70. The number of nitrogens with two attached hydrogens (primary N) is 1. The summed E-state index contributed by atoms with van der Waals surface area (Å²) >= 11 is 0.